The van der Waals surface area contributed by atoms with Gasteiger partial charge in [0.15, 0.2) is 0 Å². The molecule has 0 aliphatic carbocycles. The number of hydrogen-bond acceptors (Lipinski definition) is 3. The molecule has 0 aromatic heterocycles. The maximum absolute atomic E-state index is 12.6. The Kier molecular flexibility index (Phi) is 6.37. The zero-order valence-electron chi connectivity index (χ0n) is 14.2. The highest BCUT2D eigenvalue weighted by molar-refractivity contribution is 6.33. The summed E-state index contributed by atoms with van der Waals surface area (Å²) < 4.78 is 43.1. The summed E-state index contributed by atoms with van der Waals surface area (Å²) in [5.41, 5.74) is 0.220. The van der Waals surface area contributed by atoms with Gasteiger partial charge in [-0.25, -0.2) is 0 Å². The van der Waals surface area contributed by atoms with E-state index in [1.165, 1.54) is 6.07 Å². The van der Waals surface area contributed by atoms with Gasteiger partial charge in [-0.15, -0.1) is 0 Å². The summed E-state index contributed by atoms with van der Waals surface area (Å²) in [6.07, 6.45) is -4.47. The number of anilines is 1. The third-order valence-corrected chi connectivity index (χ3v) is 4.03. The molecule has 4 nitrogen and oxygen atoms in total. The lowest BCUT2D eigenvalue weighted by molar-refractivity contribution is -0.137. The highest BCUT2D eigenvalue weighted by atomic mass is 35.5. The number of carbonyl (C=O) groups is 1. The van der Waals surface area contributed by atoms with E-state index in [9.17, 15) is 18.0 Å². The average Bonchev–Trinajstić information content (AvgIpc) is 2.59. The van der Waals surface area contributed by atoms with Gasteiger partial charge in [0, 0.05) is 5.56 Å². The van der Waals surface area contributed by atoms with Gasteiger partial charge in [-0.1, -0.05) is 29.8 Å². The van der Waals surface area contributed by atoms with Crippen LogP contribution < -0.4 is 15.4 Å². The van der Waals surface area contributed by atoms with Gasteiger partial charge in [0.2, 0.25) is 5.91 Å². The first-order valence-electron chi connectivity index (χ1n) is 7.75. The molecule has 2 aromatic rings. The van der Waals surface area contributed by atoms with Crippen molar-refractivity contribution in [1.29, 1.82) is 0 Å². The first kappa shape index (κ1) is 19.9. The zero-order chi connectivity index (χ0) is 19.3. The molecule has 0 aliphatic rings. The third kappa shape index (κ3) is 5.05. The smallest absolute Gasteiger partial charge is 0.416 e. The number of alkyl halides is 3. The van der Waals surface area contributed by atoms with Gasteiger partial charge in [0.05, 0.1) is 36.0 Å². The van der Waals surface area contributed by atoms with Crippen LogP contribution in [0.5, 0.6) is 5.75 Å². The first-order valence-corrected chi connectivity index (χ1v) is 8.13. The fourth-order valence-corrected chi connectivity index (χ4v) is 2.65. The van der Waals surface area contributed by atoms with Crippen LogP contribution in [-0.4, -0.2) is 19.6 Å². The summed E-state index contributed by atoms with van der Waals surface area (Å²) in [5.74, 6) is 0.318. The van der Waals surface area contributed by atoms with Crippen molar-refractivity contribution < 1.29 is 22.7 Å². The number of halogens is 4. The maximum Gasteiger partial charge on any atom is 0.416 e. The lowest BCUT2D eigenvalue weighted by atomic mass is 10.1. The Morgan fingerprint density at radius 2 is 1.92 bits per heavy atom. The van der Waals surface area contributed by atoms with Crippen LogP contribution in [0.3, 0.4) is 0 Å². The van der Waals surface area contributed by atoms with E-state index in [0.29, 0.717) is 5.75 Å². The molecule has 0 spiro atoms. The van der Waals surface area contributed by atoms with E-state index in [4.69, 9.17) is 16.3 Å². The van der Waals surface area contributed by atoms with Gasteiger partial charge in [0.25, 0.3) is 0 Å². The second-order valence-corrected chi connectivity index (χ2v) is 5.98. The molecule has 26 heavy (non-hydrogen) atoms. The lowest BCUT2D eigenvalue weighted by Crippen LogP contribution is -2.32. The minimum Gasteiger partial charge on any atom is -0.496 e. The minimum absolute atomic E-state index is 0.106. The van der Waals surface area contributed by atoms with Gasteiger partial charge < -0.3 is 15.4 Å². The number of para-hydroxylation sites is 1. The van der Waals surface area contributed by atoms with Crippen LogP contribution >= 0.6 is 11.6 Å². The second kappa shape index (κ2) is 8.31. The monoisotopic (exact) mass is 386 g/mol. The molecule has 2 rings (SSSR count). The Morgan fingerprint density at radius 3 is 2.54 bits per heavy atom. The molecule has 0 heterocycles. The van der Waals surface area contributed by atoms with Gasteiger partial charge in [-0.3, -0.25) is 4.79 Å². The Morgan fingerprint density at radius 1 is 1.23 bits per heavy atom. The molecule has 8 heteroatoms. The predicted molar refractivity (Wildman–Crippen MR) is 94.5 cm³/mol. The molecule has 0 saturated carbocycles. The van der Waals surface area contributed by atoms with Gasteiger partial charge in [-0.05, 0) is 31.2 Å². The number of hydrogen-bond donors (Lipinski definition) is 2. The summed E-state index contributed by atoms with van der Waals surface area (Å²) in [7, 11) is 1.54. The van der Waals surface area contributed by atoms with Gasteiger partial charge >= 0.3 is 6.18 Å². The summed E-state index contributed by atoms with van der Waals surface area (Å²) in [6.45, 7) is 1.67. The number of nitrogens with one attached hydrogen (secondary N) is 2. The topological polar surface area (TPSA) is 50.4 Å². The van der Waals surface area contributed by atoms with Crippen LogP contribution in [0.15, 0.2) is 42.5 Å². The van der Waals surface area contributed by atoms with E-state index in [2.05, 4.69) is 10.6 Å². The van der Waals surface area contributed by atoms with Crippen molar-refractivity contribution in [3.63, 3.8) is 0 Å². The molecule has 1 amide bonds. The molecule has 140 valence electrons. The van der Waals surface area contributed by atoms with Crippen LogP contribution in [0.1, 0.15) is 24.1 Å². The molecule has 2 N–H and O–H groups in total. The van der Waals surface area contributed by atoms with Crippen LogP contribution in [-0.2, 0) is 11.0 Å². The highest BCUT2D eigenvalue weighted by Gasteiger charge is 2.30. The van der Waals surface area contributed by atoms with Crippen molar-refractivity contribution in [1.82, 2.24) is 5.32 Å². The Hall–Kier alpha value is -2.41. The van der Waals surface area contributed by atoms with Crippen LogP contribution in [0.2, 0.25) is 5.02 Å². The molecule has 0 fully saturated rings. The standard InChI is InChI=1S/C18H18ClF3N2O2/c1-11(13-5-3-4-6-16(13)26-2)24-17(25)10-23-15-8-7-12(9-14(15)19)18(20,21)22/h3-9,11,23H,10H2,1-2H3,(H,24,25). The van der Waals surface area contributed by atoms with E-state index in [1.54, 1.807) is 20.1 Å². The van der Waals surface area contributed by atoms with Gasteiger partial charge in [-0.2, -0.15) is 13.2 Å². The number of amides is 1. The number of carbonyl (C=O) groups excluding carboxylic acids is 1. The summed E-state index contributed by atoms with van der Waals surface area (Å²) >= 11 is 5.85. The molecule has 0 bridgehead atoms. The fourth-order valence-electron chi connectivity index (χ4n) is 2.40. The van der Waals surface area contributed by atoms with Crippen molar-refractivity contribution in [3.05, 3.63) is 58.6 Å². The normalized spacial score (nSPS) is 12.4. The fraction of sp³-hybridized carbons (Fsp3) is 0.278. The maximum atomic E-state index is 12.6. The van der Waals surface area contributed by atoms with Crippen LogP contribution in [0.25, 0.3) is 0 Å². The largest absolute Gasteiger partial charge is 0.496 e. The van der Waals surface area contributed by atoms with E-state index < -0.39 is 11.7 Å². The SMILES string of the molecule is COc1ccccc1C(C)NC(=O)CNc1ccc(C(F)(F)F)cc1Cl. The van der Waals surface area contributed by atoms with Crippen molar-refractivity contribution >= 4 is 23.2 Å². The van der Waals surface area contributed by atoms with E-state index in [-0.39, 0.29) is 29.2 Å². The molecule has 0 radical (unpaired) electrons. The van der Waals surface area contributed by atoms with Crippen molar-refractivity contribution in [3.8, 4) is 5.75 Å². The Labute approximate surface area is 154 Å². The Bertz CT molecular complexity index is 781. The summed E-state index contributed by atoms with van der Waals surface area (Å²) in [6, 6.07) is 9.90. The lowest BCUT2D eigenvalue weighted by Gasteiger charge is -2.18. The number of ether oxygens (including phenoxy) is 1. The van der Waals surface area contributed by atoms with Crippen molar-refractivity contribution in [2.45, 2.75) is 19.1 Å². The zero-order valence-corrected chi connectivity index (χ0v) is 14.9. The molecule has 1 unspecified atom stereocenters. The first-order chi connectivity index (χ1) is 12.2. The van der Waals surface area contributed by atoms with E-state index >= 15 is 0 Å². The third-order valence-electron chi connectivity index (χ3n) is 3.72. The second-order valence-electron chi connectivity index (χ2n) is 5.58. The molecular weight excluding hydrogens is 369 g/mol. The number of rotatable bonds is 6. The van der Waals surface area contributed by atoms with Crippen molar-refractivity contribution in [2.24, 2.45) is 0 Å². The van der Waals surface area contributed by atoms with Gasteiger partial charge in [0.1, 0.15) is 5.75 Å². The average molecular weight is 387 g/mol. The Balaban J connectivity index is 1.96. The molecule has 0 saturated heterocycles. The molecule has 0 aliphatic heterocycles. The molecule has 2 aromatic carbocycles. The predicted octanol–water partition coefficient (Wildman–Crippen LogP) is 4.66. The van der Waals surface area contributed by atoms with E-state index in [0.717, 1.165) is 17.7 Å². The number of benzene rings is 2. The molecular formula is C18H18ClF3N2O2. The minimum atomic E-state index is -4.47. The molecule has 1 atom stereocenters. The highest BCUT2D eigenvalue weighted by Crippen LogP contribution is 2.33. The number of methoxy groups -OCH3 is 1. The van der Waals surface area contributed by atoms with Crippen LogP contribution in [0, 0.1) is 0 Å². The van der Waals surface area contributed by atoms with E-state index in [1.807, 2.05) is 18.2 Å². The van der Waals surface area contributed by atoms with Crippen molar-refractivity contribution in [2.75, 3.05) is 19.0 Å². The quantitative estimate of drug-likeness (QED) is 0.759. The summed E-state index contributed by atoms with van der Waals surface area (Å²) in [5, 5.41) is 5.42. The van der Waals surface area contributed by atoms with Crippen LogP contribution in [0.4, 0.5) is 18.9 Å². The summed E-state index contributed by atoms with van der Waals surface area (Å²) in [4.78, 5) is 12.1.